The molecule has 4 rings (SSSR count). The number of alkyl halides is 1. The summed E-state index contributed by atoms with van der Waals surface area (Å²) in [5.74, 6) is -1.58. The topological polar surface area (TPSA) is 136 Å². The lowest BCUT2D eigenvalue weighted by Crippen LogP contribution is -2.26. The highest BCUT2D eigenvalue weighted by atomic mass is 19.1. The quantitative estimate of drug-likeness (QED) is 0.540. The van der Waals surface area contributed by atoms with E-state index >= 15 is 0 Å². The second kappa shape index (κ2) is 8.06. The predicted molar refractivity (Wildman–Crippen MR) is 110 cm³/mol. The fraction of sp³-hybridized carbons (Fsp3) is 0.400. The maximum Gasteiger partial charge on any atom is 0.343 e. The molecule has 11 heteroatoms. The van der Waals surface area contributed by atoms with Crippen molar-refractivity contribution in [3.8, 4) is 0 Å². The third-order valence-electron chi connectivity index (χ3n) is 5.42. The van der Waals surface area contributed by atoms with Crippen LogP contribution in [0.15, 0.2) is 24.5 Å². The van der Waals surface area contributed by atoms with Gasteiger partial charge in [0, 0.05) is 24.4 Å². The van der Waals surface area contributed by atoms with Crippen molar-refractivity contribution in [1.29, 1.82) is 0 Å². The summed E-state index contributed by atoms with van der Waals surface area (Å²) in [4.78, 5) is 21.9. The Morgan fingerprint density at radius 1 is 1.45 bits per heavy atom. The number of pyridine rings is 1. The highest BCUT2D eigenvalue weighted by molar-refractivity contribution is 5.99. The summed E-state index contributed by atoms with van der Waals surface area (Å²) in [6, 6.07) is 2.41. The van der Waals surface area contributed by atoms with Crippen LogP contribution in [-0.4, -0.2) is 49.4 Å². The van der Waals surface area contributed by atoms with E-state index in [-0.39, 0.29) is 36.0 Å². The number of carboxylic acids is 1. The summed E-state index contributed by atoms with van der Waals surface area (Å²) in [6.07, 6.45) is 2.81. The average Bonchev–Trinajstić information content (AvgIpc) is 3.25. The molecule has 1 aliphatic rings. The van der Waals surface area contributed by atoms with Crippen LogP contribution in [0.3, 0.4) is 0 Å². The van der Waals surface area contributed by atoms with Gasteiger partial charge in [0.1, 0.15) is 23.4 Å². The van der Waals surface area contributed by atoms with Crippen molar-refractivity contribution in [2.45, 2.75) is 44.4 Å². The summed E-state index contributed by atoms with van der Waals surface area (Å²) in [5, 5.41) is 13.4. The minimum atomic E-state index is -1.26. The second-order valence-electron chi connectivity index (χ2n) is 7.83. The standard InChI is InChI=1S/C20H23F2N7O2/c1-10(23)2-3-14-13(6-11(21)8-25-14)15-7-12(22)9-28(15)16-4-5-29-19(26-16)17(20(30)31)18(24)27-29/h4-6,8,10,12,15H,2-3,7,9,23H2,1H3,(H2,24,27)(H,30,31)/t10-,12+,15-/m1/s1. The largest absolute Gasteiger partial charge is 0.477 e. The fourth-order valence-corrected chi connectivity index (χ4v) is 3.98. The first-order valence-electron chi connectivity index (χ1n) is 9.93. The summed E-state index contributed by atoms with van der Waals surface area (Å²) < 4.78 is 29.9. The van der Waals surface area contributed by atoms with Crippen LogP contribution in [0.4, 0.5) is 20.4 Å². The number of nitrogen functional groups attached to an aromatic ring is 1. The Kier molecular flexibility index (Phi) is 5.44. The van der Waals surface area contributed by atoms with Gasteiger partial charge < -0.3 is 21.5 Å². The summed E-state index contributed by atoms with van der Waals surface area (Å²) in [7, 11) is 0. The first-order valence-corrected chi connectivity index (χ1v) is 9.93. The summed E-state index contributed by atoms with van der Waals surface area (Å²) in [5.41, 5.74) is 12.6. The van der Waals surface area contributed by atoms with E-state index in [2.05, 4.69) is 15.1 Å². The van der Waals surface area contributed by atoms with Gasteiger partial charge in [-0.05, 0) is 37.5 Å². The minimum absolute atomic E-state index is 0.0309. The SMILES string of the molecule is C[C@@H](N)CCc1ncc(F)cc1[C@H]1C[C@H](F)CN1c1ccn2nc(N)c(C(=O)O)c2n1. The molecule has 0 aliphatic carbocycles. The number of nitrogens with zero attached hydrogens (tertiary/aromatic N) is 5. The molecule has 0 amide bonds. The number of rotatable bonds is 6. The zero-order valence-electron chi connectivity index (χ0n) is 16.9. The van der Waals surface area contributed by atoms with Crippen LogP contribution < -0.4 is 16.4 Å². The smallest absolute Gasteiger partial charge is 0.343 e. The van der Waals surface area contributed by atoms with Crippen molar-refractivity contribution in [1.82, 2.24) is 19.6 Å². The van der Waals surface area contributed by atoms with Gasteiger partial charge in [-0.2, -0.15) is 0 Å². The molecule has 0 aromatic carbocycles. The molecular formula is C20H23F2N7O2. The molecular weight excluding hydrogens is 408 g/mol. The Bertz CT molecular complexity index is 1130. The van der Waals surface area contributed by atoms with Gasteiger partial charge in [-0.3, -0.25) is 4.98 Å². The maximum atomic E-state index is 14.5. The van der Waals surface area contributed by atoms with Gasteiger partial charge in [0.15, 0.2) is 11.5 Å². The van der Waals surface area contributed by atoms with Crippen LogP contribution in [0.1, 0.15) is 47.4 Å². The van der Waals surface area contributed by atoms with Gasteiger partial charge in [-0.15, -0.1) is 5.10 Å². The Labute approximate surface area is 176 Å². The van der Waals surface area contributed by atoms with Crippen LogP contribution in [0.25, 0.3) is 5.65 Å². The van der Waals surface area contributed by atoms with Gasteiger partial charge in [0.25, 0.3) is 0 Å². The Morgan fingerprint density at radius 2 is 2.23 bits per heavy atom. The zero-order chi connectivity index (χ0) is 22.3. The molecule has 0 unspecified atom stereocenters. The third kappa shape index (κ3) is 4.00. The number of hydrogen-bond acceptors (Lipinski definition) is 7. The Hall–Kier alpha value is -3.34. The van der Waals surface area contributed by atoms with Gasteiger partial charge in [0.2, 0.25) is 0 Å². The number of hydrogen-bond donors (Lipinski definition) is 3. The number of halogens is 2. The molecule has 0 radical (unpaired) electrons. The number of fused-ring (bicyclic) bond motifs is 1. The number of aryl methyl sites for hydroxylation is 1. The number of nitrogens with two attached hydrogens (primary N) is 2. The fourth-order valence-electron chi connectivity index (χ4n) is 3.98. The molecule has 0 spiro atoms. The first-order chi connectivity index (χ1) is 14.7. The van der Waals surface area contributed by atoms with Crippen LogP contribution >= 0.6 is 0 Å². The lowest BCUT2D eigenvalue weighted by molar-refractivity contribution is 0.0700. The van der Waals surface area contributed by atoms with Crippen LogP contribution in [0.2, 0.25) is 0 Å². The number of aromatic nitrogens is 4. The van der Waals surface area contributed by atoms with E-state index < -0.39 is 24.0 Å². The minimum Gasteiger partial charge on any atom is -0.477 e. The molecule has 1 aliphatic heterocycles. The van der Waals surface area contributed by atoms with E-state index in [1.54, 1.807) is 11.0 Å². The van der Waals surface area contributed by atoms with E-state index in [4.69, 9.17) is 11.5 Å². The molecule has 1 saturated heterocycles. The maximum absolute atomic E-state index is 14.5. The summed E-state index contributed by atoms with van der Waals surface area (Å²) >= 11 is 0. The number of carbonyl (C=O) groups is 1. The molecule has 31 heavy (non-hydrogen) atoms. The van der Waals surface area contributed by atoms with E-state index in [1.807, 2.05) is 6.92 Å². The van der Waals surface area contributed by atoms with E-state index in [9.17, 15) is 18.7 Å². The molecule has 4 heterocycles. The van der Waals surface area contributed by atoms with Crippen LogP contribution in [0, 0.1) is 5.82 Å². The van der Waals surface area contributed by atoms with Crippen LogP contribution in [-0.2, 0) is 6.42 Å². The predicted octanol–water partition coefficient (Wildman–Crippen LogP) is 2.11. The molecule has 164 valence electrons. The van der Waals surface area contributed by atoms with Crippen molar-refractivity contribution < 1.29 is 18.7 Å². The average molecular weight is 431 g/mol. The molecule has 0 bridgehead atoms. The molecule has 5 N–H and O–H groups in total. The molecule has 9 nitrogen and oxygen atoms in total. The summed E-state index contributed by atoms with van der Waals surface area (Å²) in [6.45, 7) is 1.90. The number of carboxylic acid groups (broad SMARTS) is 1. The highest BCUT2D eigenvalue weighted by Crippen LogP contribution is 2.38. The number of aromatic carboxylic acids is 1. The van der Waals surface area contributed by atoms with Crippen LogP contribution in [0.5, 0.6) is 0 Å². The molecule has 3 aromatic rings. The molecule has 3 aromatic heterocycles. The monoisotopic (exact) mass is 431 g/mol. The highest BCUT2D eigenvalue weighted by Gasteiger charge is 2.36. The lowest BCUT2D eigenvalue weighted by atomic mass is 9.98. The van der Waals surface area contributed by atoms with Gasteiger partial charge in [0.05, 0.1) is 18.8 Å². The lowest BCUT2D eigenvalue weighted by Gasteiger charge is -2.27. The van der Waals surface area contributed by atoms with Crippen molar-refractivity contribution in [3.05, 3.63) is 47.2 Å². The third-order valence-corrected chi connectivity index (χ3v) is 5.42. The van der Waals surface area contributed by atoms with Gasteiger partial charge in [-0.1, -0.05) is 0 Å². The van der Waals surface area contributed by atoms with Crippen molar-refractivity contribution >= 4 is 23.3 Å². The zero-order valence-corrected chi connectivity index (χ0v) is 16.9. The van der Waals surface area contributed by atoms with E-state index in [0.29, 0.717) is 29.9 Å². The Morgan fingerprint density at radius 3 is 2.94 bits per heavy atom. The second-order valence-corrected chi connectivity index (χ2v) is 7.83. The molecule has 3 atom stereocenters. The van der Waals surface area contributed by atoms with Crippen molar-refractivity contribution in [3.63, 3.8) is 0 Å². The normalized spacial score (nSPS) is 19.8. The van der Waals surface area contributed by atoms with E-state index in [1.165, 1.54) is 16.8 Å². The van der Waals surface area contributed by atoms with Gasteiger partial charge in [-0.25, -0.2) is 23.1 Å². The van der Waals surface area contributed by atoms with Gasteiger partial charge >= 0.3 is 5.97 Å². The molecule has 1 fully saturated rings. The Balaban J connectivity index is 1.77. The number of anilines is 2. The van der Waals surface area contributed by atoms with E-state index in [0.717, 1.165) is 6.20 Å². The van der Waals surface area contributed by atoms with Crippen molar-refractivity contribution in [2.75, 3.05) is 17.2 Å². The molecule has 0 saturated carbocycles. The first kappa shape index (κ1) is 20.9. The van der Waals surface area contributed by atoms with Crippen molar-refractivity contribution in [2.24, 2.45) is 5.73 Å².